The van der Waals surface area contributed by atoms with Crippen LogP contribution in [0.15, 0.2) is 22.7 Å². The molecule has 0 saturated carbocycles. The topological polar surface area (TPSA) is 24.5 Å². The Morgan fingerprint density at radius 1 is 1.30 bits per heavy atom. The van der Waals surface area contributed by atoms with Gasteiger partial charge in [0.05, 0.1) is 11.8 Å². The molecule has 112 valence electrons. The van der Waals surface area contributed by atoms with Gasteiger partial charge in [-0.15, -0.1) is 0 Å². The van der Waals surface area contributed by atoms with E-state index in [9.17, 15) is 0 Å². The second kappa shape index (κ2) is 8.01. The molecule has 1 aliphatic rings. The highest BCUT2D eigenvalue weighted by atomic mass is 79.9. The van der Waals surface area contributed by atoms with Crippen molar-refractivity contribution in [3.05, 3.63) is 28.2 Å². The summed E-state index contributed by atoms with van der Waals surface area (Å²) in [4.78, 5) is 2.45. The normalized spacial score (nSPS) is 16.6. The lowest BCUT2D eigenvalue weighted by atomic mass is 10.1. The zero-order chi connectivity index (χ0) is 14.4. The van der Waals surface area contributed by atoms with Gasteiger partial charge >= 0.3 is 0 Å². The van der Waals surface area contributed by atoms with Crippen LogP contribution in [0.2, 0.25) is 0 Å². The third-order valence-electron chi connectivity index (χ3n) is 3.78. The van der Waals surface area contributed by atoms with Gasteiger partial charge in [-0.05, 0) is 59.9 Å². The van der Waals surface area contributed by atoms with Crippen molar-refractivity contribution < 1.29 is 4.74 Å². The molecule has 3 nitrogen and oxygen atoms in total. The predicted molar refractivity (Wildman–Crippen MR) is 88.4 cm³/mol. The maximum Gasteiger partial charge on any atom is 0.0608 e. The molecule has 4 heteroatoms. The van der Waals surface area contributed by atoms with Crippen LogP contribution in [0.1, 0.15) is 32.3 Å². The smallest absolute Gasteiger partial charge is 0.0608 e. The Morgan fingerprint density at radius 2 is 2.05 bits per heavy atom. The number of anilines is 1. The van der Waals surface area contributed by atoms with E-state index in [0.717, 1.165) is 45.6 Å². The minimum absolute atomic E-state index is 0.447. The van der Waals surface area contributed by atoms with E-state index >= 15 is 0 Å². The number of ether oxygens (including phenoxy) is 1. The van der Waals surface area contributed by atoms with Crippen molar-refractivity contribution in [3.8, 4) is 0 Å². The molecule has 0 unspecified atom stereocenters. The Kier molecular flexibility index (Phi) is 6.33. The summed E-state index contributed by atoms with van der Waals surface area (Å²) in [5.41, 5.74) is 2.63. The number of hydrogen-bond acceptors (Lipinski definition) is 3. The van der Waals surface area contributed by atoms with Crippen molar-refractivity contribution in [2.24, 2.45) is 0 Å². The van der Waals surface area contributed by atoms with Crippen LogP contribution in [-0.2, 0) is 11.3 Å². The first-order valence-corrected chi connectivity index (χ1v) is 8.39. The van der Waals surface area contributed by atoms with Crippen LogP contribution in [0.25, 0.3) is 0 Å². The van der Waals surface area contributed by atoms with E-state index in [1.165, 1.54) is 15.7 Å². The zero-order valence-corrected chi connectivity index (χ0v) is 14.1. The minimum Gasteiger partial charge on any atom is -0.378 e. The van der Waals surface area contributed by atoms with Crippen molar-refractivity contribution in [1.82, 2.24) is 5.32 Å². The van der Waals surface area contributed by atoms with Gasteiger partial charge in [-0.3, -0.25) is 0 Å². The lowest BCUT2D eigenvalue weighted by Gasteiger charge is -2.34. The number of nitrogens with zero attached hydrogens (tertiary/aromatic N) is 1. The third kappa shape index (κ3) is 4.21. The molecule has 0 radical (unpaired) electrons. The standard InChI is InChI=1S/C16H25BrN2O/c1-3-18-12-13-5-6-16(15(17)11-13)19-9-7-14(8-10-19)20-4-2/h5-6,11,14,18H,3-4,7-10,12H2,1-2H3. The molecule has 1 heterocycles. The molecular formula is C16H25BrN2O. The van der Waals surface area contributed by atoms with Gasteiger partial charge in [0.25, 0.3) is 0 Å². The van der Waals surface area contributed by atoms with Crippen LogP contribution in [-0.4, -0.2) is 32.3 Å². The highest BCUT2D eigenvalue weighted by molar-refractivity contribution is 9.10. The van der Waals surface area contributed by atoms with Gasteiger partial charge in [-0.2, -0.15) is 0 Å². The second-order valence-corrected chi connectivity index (χ2v) is 6.06. The molecular weight excluding hydrogens is 316 g/mol. The molecule has 1 aromatic carbocycles. The lowest BCUT2D eigenvalue weighted by molar-refractivity contribution is 0.0459. The van der Waals surface area contributed by atoms with Gasteiger partial charge in [0.1, 0.15) is 0 Å². The highest BCUT2D eigenvalue weighted by Crippen LogP contribution is 2.30. The lowest BCUT2D eigenvalue weighted by Crippen LogP contribution is -2.37. The summed E-state index contributed by atoms with van der Waals surface area (Å²) >= 11 is 3.72. The fraction of sp³-hybridized carbons (Fsp3) is 0.625. The van der Waals surface area contributed by atoms with Gasteiger partial charge in [0.2, 0.25) is 0 Å². The number of rotatable bonds is 6. The van der Waals surface area contributed by atoms with Crippen LogP contribution in [0.3, 0.4) is 0 Å². The Bertz CT molecular complexity index is 417. The Morgan fingerprint density at radius 3 is 2.65 bits per heavy atom. The number of piperidine rings is 1. The van der Waals surface area contributed by atoms with Crippen LogP contribution in [0.4, 0.5) is 5.69 Å². The van der Waals surface area contributed by atoms with E-state index in [1.807, 2.05) is 0 Å². The second-order valence-electron chi connectivity index (χ2n) is 5.21. The molecule has 1 N–H and O–H groups in total. The molecule has 0 amide bonds. The largest absolute Gasteiger partial charge is 0.378 e. The number of halogens is 1. The number of benzene rings is 1. The van der Waals surface area contributed by atoms with E-state index in [-0.39, 0.29) is 0 Å². The molecule has 0 aromatic heterocycles. The summed E-state index contributed by atoms with van der Waals surface area (Å²) in [6.45, 7) is 9.13. The molecule has 2 rings (SSSR count). The first kappa shape index (κ1) is 15.8. The quantitative estimate of drug-likeness (QED) is 0.856. The van der Waals surface area contributed by atoms with Crippen molar-refractivity contribution in [3.63, 3.8) is 0 Å². The van der Waals surface area contributed by atoms with Crippen molar-refractivity contribution in [1.29, 1.82) is 0 Å². The van der Waals surface area contributed by atoms with Gasteiger partial charge in [0, 0.05) is 30.7 Å². The average molecular weight is 341 g/mol. The molecule has 0 spiro atoms. The molecule has 0 atom stereocenters. The number of nitrogens with one attached hydrogen (secondary N) is 1. The summed E-state index contributed by atoms with van der Waals surface area (Å²) in [5, 5.41) is 3.36. The van der Waals surface area contributed by atoms with Crippen molar-refractivity contribution >= 4 is 21.6 Å². The monoisotopic (exact) mass is 340 g/mol. The van der Waals surface area contributed by atoms with Gasteiger partial charge in [-0.25, -0.2) is 0 Å². The van der Waals surface area contributed by atoms with E-state index < -0.39 is 0 Å². The summed E-state index contributed by atoms with van der Waals surface area (Å²) < 4.78 is 6.91. The molecule has 1 aromatic rings. The van der Waals surface area contributed by atoms with E-state index in [1.54, 1.807) is 0 Å². The molecule has 1 saturated heterocycles. The zero-order valence-electron chi connectivity index (χ0n) is 12.5. The molecule has 0 bridgehead atoms. The van der Waals surface area contributed by atoms with Crippen LogP contribution in [0, 0.1) is 0 Å². The van der Waals surface area contributed by atoms with Crippen molar-refractivity contribution in [2.75, 3.05) is 31.1 Å². The minimum atomic E-state index is 0.447. The van der Waals surface area contributed by atoms with E-state index in [4.69, 9.17) is 4.74 Å². The Balaban J connectivity index is 1.96. The Labute approximate surface area is 130 Å². The van der Waals surface area contributed by atoms with Gasteiger partial charge < -0.3 is 15.0 Å². The fourth-order valence-corrected chi connectivity index (χ4v) is 3.36. The number of hydrogen-bond donors (Lipinski definition) is 1. The van der Waals surface area contributed by atoms with Crippen LogP contribution in [0.5, 0.6) is 0 Å². The maximum absolute atomic E-state index is 5.71. The fourth-order valence-electron chi connectivity index (χ4n) is 2.69. The summed E-state index contributed by atoms with van der Waals surface area (Å²) in [6.07, 6.45) is 2.70. The molecule has 1 fully saturated rings. The van der Waals surface area contributed by atoms with Crippen LogP contribution < -0.4 is 10.2 Å². The van der Waals surface area contributed by atoms with E-state index in [0.29, 0.717) is 6.10 Å². The van der Waals surface area contributed by atoms with E-state index in [2.05, 4.69) is 58.2 Å². The molecule has 1 aliphatic heterocycles. The molecule has 0 aliphatic carbocycles. The van der Waals surface area contributed by atoms with Gasteiger partial charge in [-0.1, -0.05) is 13.0 Å². The predicted octanol–water partition coefficient (Wildman–Crippen LogP) is 3.56. The highest BCUT2D eigenvalue weighted by Gasteiger charge is 2.20. The summed E-state index contributed by atoms with van der Waals surface area (Å²) in [7, 11) is 0. The van der Waals surface area contributed by atoms with Crippen LogP contribution >= 0.6 is 15.9 Å². The maximum atomic E-state index is 5.71. The third-order valence-corrected chi connectivity index (χ3v) is 4.41. The summed E-state index contributed by atoms with van der Waals surface area (Å²) in [5.74, 6) is 0. The Hall–Kier alpha value is -0.580. The van der Waals surface area contributed by atoms with Gasteiger partial charge in [0.15, 0.2) is 0 Å². The summed E-state index contributed by atoms with van der Waals surface area (Å²) in [6, 6.07) is 6.68. The molecule has 20 heavy (non-hydrogen) atoms. The van der Waals surface area contributed by atoms with Crippen molar-refractivity contribution in [2.45, 2.75) is 39.3 Å². The first-order valence-electron chi connectivity index (χ1n) is 7.60. The first-order chi connectivity index (χ1) is 9.74. The SMILES string of the molecule is CCNCc1ccc(N2CCC(OCC)CC2)c(Br)c1. The average Bonchev–Trinajstić information content (AvgIpc) is 2.47.